The molecule has 1 N–H and O–H groups in total. The van der Waals surface area contributed by atoms with Gasteiger partial charge in [-0.05, 0) is 55.6 Å². The molecule has 1 aliphatic rings. The lowest BCUT2D eigenvalue weighted by molar-refractivity contribution is 0.0934. The van der Waals surface area contributed by atoms with E-state index in [0.29, 0.717) is 29.5 Å². The molecule has 1 saturated heterocycles. The molecule has 1 fully saturated rings. The fourth-order valence-corrected chi connectivity index (χ4v) is 3.38. The second-order valence-electron chi connectivity index (χ2n) is 6.89. The summed E-state index contributed by atoms with van der Waals surface area (Å²) in [5.41, 5.74) is 1.80. The molecule has 27 heavy (non-hydrogen) atoms. The first-order valence-electron chi connectivity index (χ1n) is 9.30. The number of aromatic nitrogens is 1. The molecule has 6 heteroatoms. The van der Waals surface area contributed by atoms with Gasteiger partial charge >= 0.3 is 0 Å². The molecule has 144 valence electrons. The van der Waals surface area contributed by atoms with E-state index in [1.165, 1.54) is 5.56 Å². The van der Waals surface area contributed by atoms with Crippen molar-refractivity contribution in [3.8, 4) is 11.5 Å². The van der Waals surface area contributed by atoms with Gasteiger partial charge in [-0.3, -0.25) is 14.7 Å². The summed E-state index contributed by atoms with van der Waals surface area (Å²) >= 11 is 0. The van der Waals surface area contributed by atoms with E-state index >= 15 is 0 Å². The molecule has 1 aromatic carbocycles. The Kier molecular flexibility index (Phi) is 6.65. The predicted octanol–water partition coefficient (Wildman–Crippen LogP) is 2.74. The molecule has 1 aromatic heterocycles. The molecule has 0 aliphatic carbocycles. The molecule has 2 heterocycles. The summed E-state index contributed by atoms with van der Waals surface area (Å²) in [5.74, 6) is 1.64. The third-order valence-electron chi connectivity index (χ3n) is 5.00. The van der Waals surface area contributed by atoms with E-state index in [0.717, 1.165) is 32.5 Å². The van der Waals surface area contributed by atoms with Crippen molar-refractivity contribution in [2.24, 2.45) is 5.92 Å². The van der Waals surface area contributed by atoms with Crippen LogP contribution in [-0.2, 0) is 6.54 Å². The minimum atomic E-state index is -0.0926. The molecule has 0 saturated carbocycles. The summed E-state index contributed by atoms with van der Waals surface area (Å²) in [4.78, 5) is 19.1. The largest absolute Gasteiger partial charge is 0.497 e. The van der Waals surface area contributed by atoms with Gasteiger partial charge in [-0.15, -0.1) is 0 Å². The van der Waals surface area contributed by atoms with Crippen LogP contribution in [0.1, 0.15) is 28.8 Å². The van der Waals surface area contributed by atoms with Crippen molar-refractivity contribution in [1.82, 2.24) is 15.2 Å². The minimum absolute atomic E-state index is 0.0926. The molecule has 1 aliphatic heterocycles. The molecule has 0 unspecified atom stereocenters. The standard InChI is InChI=1S/C21H27N3O3/c1-26-19-10-18(11-20(12-19)27-2)21(25)23-14-16-5-8-24(9-6-16)15-17-4-3-7-22-13-17/h3-4,7,10-13,16H,5-6,8-9,14-15H2,1-2H3,(H,23,25). The normalized spacial score (nSPS) is 15.3. The van der Waals surface area contributed by atoms with Crippen LogP contribution in [0.15, 0.2) is 42.7 Å². The van der Waals surface area contributed by atoms with Crippen molar-refractivity contribution in [2.75, 3.05) is 33.9 Å². The van der Waals surface area contributed by atoms with E-state index < -0.39 is 0 Å². The lowest BCUT2D eigenvalue weighted by Crippen LogP contribution is -2.38. The van der Waals surface area contributed by atoms with Crippen LogP contribution in [0.2, 0.25) is 0 Å². The SMILES string of the molecule is COc1cc(OC)cc(C(=O)NCC2CCN(Cc3cccnc3)CC2)c1. The number of hydrogen-bond donors (Lipinski definition) is 1. The van der Waals surface area contributed by atoms with Crippen molar-refractivity contribution in [1.29, 1.82) is 0 Å². The number of methoxy groups -OCH3 is 2. The van der Waals surface area contributed by atoms with Crippen LogP contribution in [0, 0.1) is 5.92 Å². The van der Waals surface area contributed by atoms with Gasteiger partial charge in [-0.25, -0.2) is 0 Å². The highest BCUT2D eigenvalue weighted by atomic mass is 16.5. The van der Waals surface area contributed by atoms with Gasteiger partial charge in [-0.1, -0.05) is 6.07 Å². The Labute approximate surface area is 160 Å². The molecule has 2 aromatic rings. The maximum atomic E-state index is 12.5. The minimum Gasteiger partial charge on any atom is -0.497 e. The van der Waals surface area contributed by atoms with E-state index in [4.69, 9.17) is 9.47 Å². The van der Waals surface area contributed by atoms with Crippen molar-refractivity contribution in [3.05, 3.63) is 53.9 Å². The molecule has 3 rings (SSSR count). The van der Waals surface area contributed by atoms with Gasteiger partial charge in [0.05, 0.1) is 14.2 Å². The molecule has 1 amide bonds. The maximum absolute atomic E-state index is 12.5. The monoisotopic (exact) mass is 369 g/mol. The zero-order chi connectivity index (χ0) is 19.1. The summed E-state index contributed by atoms with van der Waals surface area (Å²) in [5, 5.41) is 3.06. The highest BCUT2D eigenvalue weighted by molar-refractivity contribution is 5.95. The second-order valence-corrected chi connectivity index (χ2v) is 6.89. The molecule has 6 nitrogen and oxygen atoms in total. The van der Waals surface area contributed by atoms with Crippen molar-refractivity contribution in [3.63, 3.8) is 0 Å². The van der Waals surface area contributed by atoms with Gasteiger partial charge in [0.25, 0.3) is 5.91 Å². The number of amides is 1. The van der Waals surface area contributed by atoms with Gasteiger partial charge in [0.15, 0.2) is 0 Å². The van der Waals surface area contributed by atoms with Gasteiger partial charge < -0.3 is 14.8 Å². The second kappa shape index (κ2) is 9.37. The highest BCUT2D eigenvalue weighted by Crippen LogP contribution is 2.23. The topological polar surface area (TPSA) is 63.7 Å². The van der Waals surface area contributed by atoms with Crippen LogP contribution in [-0.4, -0.2) is 49.6 Å². The van der Waals surface area contributed by atoms with Crippen LogP contribution < -0.4 is 14.8 Å². The Morgan fingerprint density at radius 2 is 1.89 bits per heavy atom. The van der Waals surface area contributed by atoms with Crippen LogP contribution in [0.4, 0.5) is 0 Å². The number of likely N-dealkylation sites (tertiary alicyclic amines) is 1. The van der Waals surface area contributed by atoms with E-state index in [2.05, 4.69) is 21.3 Å². The van der Waals surface area contributed by atoms with E-state index in [-0.39, 0.29) is 5.91 Å². The molecule has 0 spiro atoms. The fourth-order valence-electron chi connectivity index (χ4n) is 3.38. The lowest BCUT2D eigenvalue weighted by atomic mass is 9.96. The third kappa shape index (κ3) is 5.44. The zero-order valence-electron chi connectivity index (χ0n) is 16.0. The van der Waals surface area contributed by atoms with Crippen molar-refractivity contribution >= 4 is 5.91 Å². The molecule has 0 radical (unpaired) electrons. The number of carbonyl (C=O) groups is 1. The first kappa shape index (κ1) is 19.2. The molecule has 0 atom stereocenters. The quantitative estimate of drug-likeness (QED) is 0.813. The molecular formula is C21H27N3O3. The number of benzene rings is 1. The number of carbonyl (C=O) groups excluding carboxylic acids is 1. The number of hydrogen-bond acceptors (Lipinski definition) is 5. The summed E-state index contributed by atoms with van der Waals surface area (Å²) < 4.78 is 10.5. The Bertz CT molecular complexity index is 721. The summed E-state index contributed by atoms with van der Waals surface area (Å²) in [6, 6.07) is 9.31. The molecular weight excluding hydrogens is 342 g/mol. The maximum Gasteiger partial charge on any atom is 0.251 e. The summed E-state index contributed by atoms with van der Waals surface area (Å²) in [6.07, 6.45) is 5.90. The van der Waals surface area contributed by atoms with Crippen molar-refractivity contribution in [2.45, 2.75) is 19.4 Å². The molecule has 0 bridgehead atoms. The number of piperidine rings is 1. The number of ether oxygens (including phenoxy) is 2. The average molecular weight is 369 g/mol. The first-order valence-corrected chi connectivity index (χ1v) is 9.30. The van der Waals surface area contributed by atoms with Gasteiger partial charge in [-0.2, -0.15) is 0 Å². The van der Waals surface area contributed by atoms with E-state index in [1.54, 1.807) is 38.6 Å². The van der Waals surface area contributed by atoms with E-state index in [1.807, 2.05) is 12.3 Å². The summed E-state index contributed by atoms with van der Waals surface area (Å²) in [7, 11) is 3.16. The van der Waals surface area contributed by atoms with Crippen LogP contribution >= 0.6 is 0 Å². The van der Waals surface area contributed by atoms with Crippen molar-refractivity contribution < 1.29 is 14.3 Å². The number of pyridine rings is 1. The first-order chi connectivity index (χ1) is 13.2. The number of rotatable bonds is 7. The van der Waals surface area contributed by atoms with Crippen LogP contribution in [0.3, 0.4) is 0 Å². The van der Waals surface area contributed by atoms with Crippen LogP contribution in [0.25, 0.3) is 0 Å². The van der Waals surface area contributed by atoms with Crippen LogP contribution in [0.5, 0.6) is 11.5 Å². The predicted molar refractivity (Wildman–Crippen MR) is 104 cm³/mol. The Morgan fingerprint density at radius 1 is 1.19 bits per heavy atom. The lowest BCUT2D eigenvalue weighted by Gasteiger charge is -2.32. The summed E-state index contributed by atoms with van der Waals surface area (Å²) in [6.45, 7) is 3.72. The highest BCUT2D eigenvalue weighted by Gasteiger charge is 2.20. The van der Waals surface area contributed by atoms with Gasteiger partial charge in [0, 0.05) is 37.1 Å². The average Bonchev–Trinajstić information content (AvgIpc) is 2.73. The Morgan fingerprint density at radius 3 is 2.48 bits per heavy atom. The Hall–Kier alpha value is -2.60. The number of nitrogens with one attached hydrogen (secondary N) is 1. The zero-order valence-corrected chi connectivity index (χ0v) is 16.0. The fraction of sp³-hybridized carbons (Fsp3) is 0.429. The van der Waals surface area contributed by atoms with Gasteiger partial charge in [0.2, 0.25) is 0 Å². The smallest absolute Gasteiger partial charge is 0.251 e. The Balaban J connectivity index is 1.46. The van der Waals surface area contributed by atoms with E-state index in [9.17, 15) is 4.79 Å². The third-order valence-corrected chi connectivity index (χ3v) is 5.00. The number of nitrogens with zero attached hydrogens (tertiary/aromatic N) is 2. The van der Waals surface area contributed by atoms with Gasteiger partial charge in [0.1, 0.15) is 11.5 Å².